The average molecular weight is 326 g/mol. The maximum Gasteiger partial charge on any atom is 0.201 e. The van der Waals surface area contributed by atoms with E-state index in [-0.39, 0.29) is 22.7 Å². The molecule has 19 heavy (non-hydrogen) atoms. The number of halogens is 2. The second-order valence-electron chi connectivity index (χ2n) is 6.44. The first-order valence-electron chi connectivity index (χ1n) is 6.30. The smallest absolute Gasteiger partial charge is 0.201 e. The molecule has 1 heterocycles. The van der Waals surface area contributed by atoms with Crippen LogP contribution in [0.25, 0.3) is 11.0 Å². The van der Waals surface area contributed by atoms with Crippen LogP contribution in [-0.2, 0) is 0 Å². The molecule has 1 aliphatic rings. The van der Waals surface area contributed by atoms with Crippen LogP contribution in [0.5, 0.6) is 0 Å². The van der Waals surface area contributed by atoms with Crippen molar-refractivity contribution in [1.82, 2.24) is 9.55 Å². The third-order valence-corrected chi connectivity index (χ3v) is 5.57. The minimum atomic E-state index is -0.313. The van der Waals surface area contributed by atoms with E-state index in [2.05, 4.69) is 48.6 Å². The van der Waals surface area contributed by atoms with Crippen LogP contribution in [0.15, 0.2) is 16.6 Å². The van der Waals surface area contributed by atoms with Crippen LogP contribution < -0.4 is 5.73 Å². The van der Waals surface area contributed by atoms with Gasteiger partial charge in [-0.25, -0.2) is 9.37 Å². The fourth-order valence-corrected chi connectivity index (χ4v) is 3.52. The van der Waals surface area contributed by atoms with Crippen LogP contribution in [0.2, 0.25) is 0 Å². The van der Waals surface area contributed by atoms with E-state index in [9.17, 15) is 4.39 Å². The van der Waals surface area contributed by atoms with Crippen molar-refractivity contribution in [2.24, 2.45) is 10.8 Å². The number of aromatic nitrogens is 2. The van der Waals surface area contributed by atoms with E-state index >= 15 is 0 Å². The SMILES string of the molecule is CC1(C)C(n2c(N)nc3cc(F)c(Br)cc32)C1(C)C. The highest BCUT2D eigenvalue weighted by atomic mass is 79.9. The number of benzene rings is 1. The van der Waals surface area contributed by atoms with Gasteiger partial charge in [0, 0.05) is 12.1 Å². The summed E-state index contributed by atoms with van der Waals surface area (Å²) in [6.45, 7) is 8.89. The lowest BCUT2D eigenvalue weighted by Crippen LogP contribution is -2.05. The Morgan fingerprint density at radius 3 is 2.37 bits per heavy atom. The first-order chi connectivity index (χ1) is 8.68. The highest BCUT2D eigenvalue weighted by Gasteiger charge is 2.66. The third kappa shape index (κ3) is 1.51. The summed E-state index contributed by atoms with van der Waals surface area (Å²) in [7, 11) is 0. The van der Waals surface area contributed by atoms with E-state index < -0.39 is 0 Å². The van der Waals surface area contributed by atoms with Gasteiger partial charge in [0.05, 0.1) is 15.5 Å². The van der Waals surface area contributed by atoms with E-state index in [1.165, 1.54) is 6.07 Å². The minimum absolute atomic E-state index is 0.148. The average Bonchev–Trinajstić information content (AvgIpc) is 2.54. The van der Waals surface area contributed by atoms with E-state index in [1.54, 1.807) is 6.07 Å². The monoisotopic (exact) mass is 325 g/mol. The highest BCUT2D eigenvalue weighted by Crippen LogP contribution is 2.72. The van der Waals surface area contributed by atoms with Crippen LogP contribution in [-0.4, -0.2) is 9.55 Å². The molecule has 0 bridgehead atoms. The van der Waals surface area contributed by atoms with Gasteiger partial charge in [-0.3, -0.25) is 0 Å². The molecular weight excluding hydrogens is 309 g/mol. The van der Waals surface area contributed by atoms with Crippen molar-refractivity contribution in [3.8, 4) is 0 Å². The predicted octanol–water partition coefficient (Wildman–Crippen LogP) is 4.13. The van der Waals surface area contributed by atoms with Gasteiger partial charge in [0.15, 0.2) is 0 Å². The molecule has 3 nitrogen and oxygen atoms in total. The Morgan fingerprint density at radius 1 is 1.26 bits per heavy atom. The Kier molecular flexibility index (Phi) is 2.38. The van der Waals surface area contributed by atoms with Crippen LogP contribution in [0.1, 0.15) is 33.7 Å². The molecule has 1 aliphatic carbocycles. The molecule has 2 aromatic rings. The fraction of sp³-hybridized carbons (Fsp3) is 0.500. The largest absolute Gasteiger partial charge is 0.369 e. The molecule has 1 aromatic heterocycles. The van der Waals surface area contributed by atoms with Gasteiger partial charge in [-0.1, -0.05) is 27.7 Å². The Morgan fingerprint density at radius 2 is 1.84 bits per heavy atom. The quantitative estimate of drug-likeness (QED) is 0.856. The number of imidazole rings is 1. The molecular formula is C14H17BrFN3. The van der Waals surface area contributed by atoms with Crippen LogP contribution in [0.4, 0.5) is 10.3 Å². The van der Waals surface area contributed by atoms with Crippen molar-refractivity contribution in [3.05, 3.63) is 22.4 Å². The highest BCUT2D eigenvalue weighted by molar-refractivity contribution is 9.10. The summed E-state index contributed by atoms with van der Waals surface area (Å²) in [4.78, 5) is 4.29. The number of nitrogen functional groups attached to an aromatic ring is 1. The first-order valence-corrected chi connectivity index (χ1v) is 7.09. The van der Waals surface area contributed by atoms with Crippen molar-refractivity contribution >= 4 is 32.9 Å². The van der Waals surface area contributed by atoms with Crippen molar-refractivity contribution in [2.75, 3.05) is 5.73 Å². The van der Waals surface area contributed by atoms with Gasteiger partial charge in [-0.05, 0) is 32.8 Å². The second-order valence-corrected chi connectivity index (χ2v) is 7.30. The Hall–Kier alpha value is -1.10. The Labute approximate surface area is 120 Å². The molecule has 0 saturated heterocycles. The minimum Gasteiger partial charge on any atom is -0.369 e. The summed E-state index contributed by atoms with van der Waals surface area (Å²) < 4.78 is 16.1. The summed E-state index contributed by atoms with van der Waals surface area (Å²) in [5, 5.41) is 0. The zero-order valence-corrected chi connectivity index (χ0v) is 13.0. The summed E-state index contributed by atoms with van der Waals surface area (Å²) in [5.41, 5.74) is 7.84. The number of rotatable bonds is 1. The zero-order chi connectivity index (χ0) is 14.2. The standard InChI is InChI=1S/C14H17BrFN3/c1-13(2)11(14(13,3)4)19-10-5-7(15)8(16)6-9(10)18-12(19)17/h5-6,11H,1-4H3,(H2,17,18). The van der Waals surface area contributed by atoms with Crippen molar-refractivity contribution in [3.63, 3.8) is 0 Å². The second kappa shape index (κ2) is 3.51. The number of hydrogen-bond acceptors (Lipinski definition) is 2. The first kappa shape index (κ1) is 12.9. The van der Waals surface area contributed by atoms with E-state index in [0.717, 1.165) is 5.52 Å². The molecule has 102 valence electrons. The molecule has 1 fully saturated rings. The van der Waals surface area contributed by atoms with Gasteiger partial charge in [-0.2, -0.15) is 0 Å². The van der Waals surface area contributed by atoms with Crippen LogP contribution in [0.3, 0.4) is 0 Å². The van der Waals surface area contributed by atoms with Gasteiger partial charge in [0.1, 0.15) is 5.82 Å². The molecule has 5 heteroatoms. The van der Waals surface area contributed by atoms with Gasteiger partial charge < -0.3 is 10.3 Å². The molecule has 0 spiro atoms. The molecule has 2 N–H and O–H groups in total. The van der Waals surface area contributed by atoms with Gasteiger partial charge in [0.2, 0.25) is 5.95 Å². The number of fused-ring (bicyclic) bond motifs is 1. The molecule has 0 aliphatic heterocycles. The molecule has 1 saturated carbocycles. The van der Waals surface area contributed by atoms with Gasteiger partial charge in [0.25, 0.3) is 0 Å². The zero-order valence-electron chi connectivity index (χ0n) is 11.5. The Bertz CT molecular complexity index is 674. The van der Waals surface area contributed by atoms with Crippen LogP contribution in [0, 0.1) is 16.6 Å². The summed E-state index contributed by atoms with van der Waals surface area (Å²) in [6, 6.07) is 3.47. The molecule has 3 rings (SSSR count). The van der Waals surface area contributed by atoms with E-state index in [0.29, 0.717) is 15.9 Å². The van der Waals surface area contributed by atoms with E-state index in [4.69, 9.17) is 5.73 Å². The van der Waals surface area contributed by atoms with Crippen LogP contribution >= 0.6 is 15.9 Å². The Balaban J connectivity index is 2.26. The normalized spacial score (nSPS) is 20.9. The van der Waals surface area contributed by atoms with Gasteiger partial charge in [-0.15, -0.1) is 0 Å². The molecule has 1 aromatic carbocycles. The summed E-state index contributed by atoms with van der Waals surface area (Å²) >= 11 is 3.23. The molecule has 0 unspecified atom stereocenters. The topological polar surface area (TPSA) is 43.8 Å². The number of nitrogens with zero attached hydrogens (tertiary/aromatic N) is 2. The number of nitrogens with two attached hydrogens (primary N) is 1. The van der Waals surface area contributed by atoms with Crippen molar-refractivity contribution < 1.29 is 4.39 Å². The lowest BCUT2D eigenvalue weighted by Gasteiger charge is -2.09. The maximum atomic E-state index is 13.6. The maximum absolute atomic E-state index is 13.6. The number of anilines is 1. The van der Waals surface area contributed by atoms with E-state index in [1.807, 2.05) is 4.57 Å². The van der Waals surface area contributed by atoms with Crippen molar-refractivity contribution in [2.45, 2.75) is 33.7 Å². The lowest BCUT2D eigenvalue weighted by atomic mass is 10.0. The molecule has 0 amide bonds. The summed E-state index contributed by atoms with van der Waals surface area (Å²) in [6.07, 6.45) is 0. The predicted molar refractivity (Wildman–Crippen MR) is 78.4 cm³/mol. The number of hydrogen-bond donors (Lipinski definition) is 1. The van der Waals surface area contributed by atoms with Gasteiger partial charge >= 0.3 is 0 Å². The van der Waals surface area contributed by atoms with Crippen molar-refractivity contribution in [1.29, 1.82) is 0 Å². The lowest BCUT2D eigenvalue weighted by molar-refractivity contribution is 0.457. The molecule has 0 atom stereocenters. The third-order valence-electron chi connectivity index (χ3n) is 4.96. The fourth-order valence-electron chi connectivity index (χ4n) is 3.19. The molecule has 0 radical (unpaired) electrons. The summed E-state index contributed by atoms with van der Waals surface area (Å²) in [5.74, 6) is 0.141.